The van der Waals surface area contributed by atoms with E-state index in [0.29, 0.717) is 6.10 Å². The van der Waals surface area contributed by atoms with Gasteiger partial charge in [0.1, 0.15) is 5.75 Å². The highest BCUT2D eigenvalue weighted by Gasteiger charge is 2.16. The van der Waals surface area contributed by atoms with Crippen molar-refractivity contribution in [3.63, 3.8) is 0 Å². The number of aryl methyl sites for hydroxylation is 3. The molecule has 0 bridgehead atoms. The minimum absolute atomic E-state index is 0.384. The molecular formula is C12H16O. The first-order chi connectivity index (χ1) is 6.16. The Morgan fingerprint density at radius 1 is 1.23 bits per heavy atom. The maximum Gasteiger partial charge on any atom is 0.123 e. The van der Waals surface area contributed by atoms with E-state index in [0.717, 1.165) is 18.6 Å². The SMILES string of the molecule is Cc1cc2c(cc1C)OC(C)CC2. The monoisotopic (exact) mass is 176 g/mol. The van der Waals surface area contributed by atoms with Gasteiger partial charge in [-0.25, -0.2) is 0 Å². The Kier molecular flexibility index (Phi) is 2.03. The van der Waals surface area contributed by atoms with E-state index >= 15 is 0 Å². The molecule has 0 amide bonds. The summed E-state index contributed by atoms with van der Waals surface area (Å²) < 4.78 is 5.77. The van der Waals surface area contributed by atoms with Crippen LogP contribution in [0.1, 0.15) is 30.0 Å². The average Bonchev–Trinajstić information content (AvgIpc) is 2.08. The molecule has 1 aromatic carbocycles. The molecule has 1 heteroatoms. The van der Waals surface area contributed by atoms with Gasteiger partial charge in [-0.3, -0.25) is 0 Å². The summed E-state index contributed by atoms with van der Waals surface area (Å²) in [7, 11) is 0. The van der Waals surface area contributed by atoms with E-state index in [9.17, 15) is 0 Å². The maximum atomic E-state index is 5.77. The van der Waals surface area contributed by atoms with Gasteiger partial charge in [-0.2, -0.15) is 0 Å². The quantitative estimate of drug-likeness (QED) is 0.590. The van der Waals surface area contributed by atoms with Gasteiger partial charge in [0.25, 0.3) is 0 Å². The van der Waals surface area contributed by atoms with Crippen molar-refractivity contribution in [3.8, 4) is 5.75 Å². The summed E-state index contributed by atoms with van der Waals surface area (Å²) in [5, 5.41) is 0. The molecule has 13 heavy (non-hydrogen) atoms. The zero-order valence-corrected chi connectivity index (χ0v) is 8.55. The third kappa shape index (κ3) is 1.55. The number of hydrogen-bond acceptors (Lipinski definition) is 1. The summed E-state index contributed by atoms with van der Waals surface area (Å²) in [5.41, 5.74) is 4.07. The van der Waals surface area contributed by atoms with Crippen molar-refractivity contribution in [1.82, 2.24) is 0 Å². The van der Waals surface area contributed by atoms with Crippen molar-refractivity contribution >= 4 is 0 Å². The lowest BCUT2D eigenvalue weighted by atomic mass is 9.98. The maximum absolute atomic E-state index is 5.77. The molecule has 0 saturated carbocycles. The molecule has 0 aromatic heterocycles. The predicted octanol–water partition coefficient (Wildman–Crippen LogP) is 3.02. The topological polar surface area (TPSA) is 9.23 Å². The van der Waals surface area contributed by atoms with Crippen LogP contribution in [-0.4, -0.2) is 6.10 Å². The van der Waals surface area contributed by atoms with E-state index in [1.807, 2.05) is 0 Å². The fraction of sp³-hybridized carbons (Fsp3) is 0.500. The van der Waals surface area contributed by atoms with Gasteiger partial charge < -0.3 is 4.74 Å². The van der Waals surface area contributed by atoms with E-state index in [4.69, 9.17) is 4.74 Å². The molecule has 1 atom stereocenters. The molecule has 0 N–H and O–H groups in total. The van der Waals surface area contributed by atoms with E-state index in [-0.39, 0.29) is 0 Å². The van der Waals surface area contributed by atoms with E-state index in [1.54, 1.807) is 0 Å². The predicted molar refractivity (Wildman–Crippen MR) is 54.3 cm³/mol. The zero-order chi connectivity index (χ0) is 9.42. The second kappa shape index (κ2) is 3.06. The van der Waals surface area contributed by atoms with Crippen molar-refractivity contribution in [3.05, 3.63) is 28.8 Å². The van der Waals surface area contributed by atoms with Gasteiger partial charge in [0.15, 0.2) is 0 Å². The Morgan fingerprint density at radius 2 is 1.92 bits per heavy atom. The van der Waals surface area contributed by atoms with Crippen LogP contribution < -0.4 is 4.74 Å². The van der Waals surface area contributed by atoms with E-state index < -0.39 is 0 Å². The first-order valence-corrected chi connectivity index (χ1v) is 4.93. The summed E-state index contributed by atoms with van der Waals surface area (Å²) in [5.74, 6) is 1.10. The van der Waals surface area contributed by atoms with Gasteiger partial charge in [0.05, 0.1) is 6.10 Å². The Bertz CT molecular complexity index is 328. The molecule has 0 spiro atoms. The van der Waals surface area contributed by atoms with Crippen LogP contribution >= 0.6 is 0 Å². The van der Waals surface area contributed by atoms with Crippen molar-refractivity contribution < 1.29 is 4.74 Å². The molecule has 1 aliphatic heterocycles. The van der Waals surface area contributed by atoms with Crippen LogP contribution in [0.3, 0.4) is 0 Å². The lowest BCUT2D eigenvalue weighted by Crippen LogP contribution is -2.19. The van der Waals surface area contributed by atoms with Crippen LogP contribution in [0.15, 0.2) is 12.1 Å². The Hall–Kier alpha value is -0.980. The van der Waals surface area contributed by atoms with Gasteiger partial charge in [-0.05, 0) is 56.4 Å². The fourth-order valence-electron chi connectivity index (χ4n) is 1.79. The van der Waals surface area contributed by atoms with E-state index in [2.05, 4.69) is 32.9 Å². The molecule has 1 heterocycles. The van der Waals surface area contributed by atoms with E-state index in [1.165, 1.54) is 16.7 Å². The molecule has 1 nitrogen and oxygen atoms in total. The van der Waals surface area contributed by atoms with Crippen molar-refractivity contribution in [2.24, 2.45) is 0 Å². The number of benzene rings is 1. The summed E-state index contributed by atoms with van der Waals surface area (Å²) in [6.45, 7) is 6.43. The lowest BCUT2D eigenvalue weighted by molar-refractivity contribution is 0.192. The Labute approximate surface area is 79.7 Å². The van der Waals surface area contributed by atoms with Gasteiger partial charge in [-0.1, -0.05) is 6.07 Å². The largest absolute Gasteiger partial charge is 0.490 e. The summed E-state index contributed by atoms with van der Waals surface area (Å²) >= 11 is 0. The minimum Gasteiger partial charge on any atom is -0.490 e. The molecule has 0 fully saturated rings. The third-order valence-corrected chi connectivity index (χ3v) is 2.83. The number of rotatable bonds is 0. The highest BCUT2D eigenvalue weighted by molar-refractivity contribution is 5.42. The summed E-state index contributed by atoms with van der Waals surface area (Å²) in [6, 6.07) is 4.43. The van der Waals surface area contributed by atoms with Crippen LogP contribution in [0.5, 0.6) is 5.75 Å². The van der Waals surface area contributed by atoms with Gasteiger partial charge in [0, 0.05) is 0 Å². The smallest absolute Gasteiger partial charge is 0.123 e. The number of ether oxygens (including phenoxy) is 1. The van der Waals surface area contributed by atoms with Crippen LogP contribution in [0.2, 0.25) is 0 Å². The van der Waals surface area contributed by atoms with Gasteiger partial charge in [-0.15, -0.1) is 0 Å². The zero-order valence-electron chi connectivity index (χ0n) is 8.55. The average molecular weight is 176 g/mol. The summed E-state index contributed by atoms with van der Waals surface area (Å²) in [6.07, 6.45) is 2.70. The molecule has 0 aliphatic carbocycles. The molecule has 1 aromatic rings. The highest BCUT2D eigenvalue weighted by Crippen LogP contribution is 2.29. The lowest BCUT2D eigenvalue weighted by Gasteiger charge is -2.24. The molecule has 0 radical (unpaired) electrons. The van der Waals surface area contributed by atoms with Gasteiger partial charge >= 0.3 is 0 Å². The van der Waals surface area contributed by atoms with Crippen molar-refractivity contribution in [1.29, 1.82) is 0 Å². The molecule has 2 rings (SSSR count). The second-order valence-electron chi connectivity index (χ2n) is 4.01. The molecule has 0 saturated heterocycles. The fourth-order valence-corrected chi connectivity index (χ4v) is 1.79. The first-order valence-electron chi connectivity index (χ1n) is 4.93. The van der Waals surface area contributed by atoms with Crippen LogP contribution in [0.4, 0.5) is 0 Å². The first kappa shape index (κ1) is 8.61. The molecular weight excluding hydrogens is 160 g/mol. The van der Waals surface area contributed by atoms with Gasteiger partial charge in [0.2, 0.25) is 0 Å². The third-order valence-electron chi connectivity index (χ3n) is 2.83. The Morgan fingerprint density at radius 3 is 2.69 bits per heavy atom. The summed E-state index contributed by atoms with van der Waals surface area (Å²) in [4.78, 5) is 0. The second-order valence-corrected chi connectivity index (χ2v) is 4.01. The Balaban J connectivity index is 2.43. The normalized spacial score (nSPS) is 20.7. The number of hydrogen-bond donors (Lipinski definition) is 0. The van der Waals surface area contributed by atoms with Crippen LogP contribution in [-0.2, 0) is 6.42 Å². The molecule has 70 valence electrons. The number of fused-ring (bicyclic) bond motifs is 1. The van der Waals surface area contributed by atoms with Crippen molar-refractivity contribution in [2.45, 2.75) is 39.7 Å². The van der Waals surface area contributed by atoms with Crippen LogP contribution in [0.25, 0.3) is 0 Å². The molecule has 1 aliphatic rings. The van der Waals surface area contributed by atoms with Crippen LogP contribution in [0, 0.1) is 13.8 Å². The minimum atomic E-state index is 0.384. The standard InChI is InChI=1S/C12H16O/c1-8-6-11-5-4-10(3)13-12(11)7-9(8)2/h6-7,10H,4-5H2,1-3H3. The molecule has 1 unspecified atom stereocenters. The van der Waals surface area contributed by atoms with Crippen molar-refractivity contribution in [2.75, 3.05) is 0 Å². The highest BCUT2D eigenvalue weighted by atomic mass is 16.5.